The van der Waals surface area contributed by atoms with Crippen LogP contribution in [0.3, 0.4) is 0 Å². The second kappa shape index (κ2) is 39.0. The third-order valence-corrected chi connectivity index (χ3v) is 9.05. The molecule has 0 aromatic rings. The molecule has 0 aromatic heterocycles. The van der Waals surface area contributed by atoms with E-state index in [1.165, 1.54) is 89.9 Å². The predicted molar refractivity (Wildman–Crippen MR) is 216 cm³/mol. The Morgan fingerprint density at radius 2 is 0.882 bits per heavy atom. The van der Waals surface area contributed by atoms with Crippen LogP contribution < -0.4 is 0 Å². The van der Waals surface area contributed by atoms with Crippen molar-refractivity contribution in [2.75, 3.05) is 13.2 Å². The molecule has 2 N–H and O–H groups in total. The maximum Gasteiger partial charge on any atom is 0.305 e. The SMILES string of the molecule is CCCC(O)C/C=C\C/C=C\C/C=C\C/C=C\CCCC(=O)OC[C@@H](O)COC(=O)CCCCCCCCCCCCCCCCCCC(C)C. The molecule has 0 aliphatic rings. The van der Waals surface area contributed by atoms with Crippen molar-refractivity contribution in [2.45, 2.75) is 206 Å². The normalized spacial score (nSPS) is 13.4. The minimum absolute atomic E-state index is 0.141. The molecule has 0 spiro atoms. The highest BCUT2D eigenvalue weighted by molar-refractivity contribution is 5.69. The van der Waals surface area contributed by atoms with Crippen LogP contribution in [0.5, 0.6) is 0 Å². The quantitative estimate of drug-likeness (QED) is 0.0378. The Balaban J connectivity index is 3.52. The van der Waals surface area contributed by atoms with Gasteiger partial charge in [0, 0.05) is 12.8 Å². The van der Waals surface area contributed by atoms with Gasteiger partial charge in [0.2, 0.25) is 0 Å². The Labute approximate surface area is 314 Å². The smallest absolute Gasteiger partial charge is 0.305 e. The van der Waals surface area contributed by atoms with Crippen LogP contribution in [-0.4, -0.2) is 47.6 Å². The number of rotatable bonds is 37. The van der Waals surface area contributed by atoms with Gasteiger partial charge >= 0.3 is 11.9 Å². The highest BCUT2D eigenvalue weighted by atomic mass is 16.6. The fourth-order valence-electron chi connectivity index (χ4n) is 5.87. The van der Waals surface area contributed by atoms with Gasteiger partial charge in [-0.1, -0.05) is 179 Å². The van der Waals surface area contributed by atoms with E-state index in [2.05, 4.69) is 69.4 Å². The van der Waals surface area contributed by atoms with Gasteiger partial charge in [0.1, 0.15) is 19.3 Å². The maximum atomic E-state index is 12.0. The summed E-state index contributed by atoms with van der Waals surface area (Å²) in [5.74, 6) is 0.209. The van der Waals surface area contributed by atoms with Gasteiger partial charge in [0.05, 0.1) is 6.10 Å². The van der Waals surface area contributed by atoms with E-state index in [1.54, 1.807) is 0 Å². The highest BCUT2D eigenvalue weighted by Gasteiger charge is 2.12. The van der Waals surface area contributed by atoms with E-state index in [9.17, 15) is 19.8 Å². The van der Waals surface area contributed by atoms with Crippen LogP contribution in [0.25, 0.3) is 0 Å². The van der Waals surface area contributed by atoms with Gasteiger partial charge in [0.25, 0.3) is 0 Å². The molecule has 2 atom stereocenters. The molecule has 0 heterocycles. The first-order valence-electron chi connectivity index (χ1n) is 21.1. The molecule has 6 nitrogen and oxygen atoms in total. The zero-order chi connectivity index (χ0) is 37.5. The van der Waals surface area contributed by atoms with Gasteiger partial charge < -0.3 is 19.7 Å². The first-order valence-corrected chi connectivity index (χ1v) is 21.1. The van der Waals surface area contributed by atoms with Crippen molar-refractivity contribution in [1.29, 1.82) is 0 Å². The van der Waals surface area contributed by atoms with E-state index in [0.717, 1.165) is 70.1 Å². The fourth-order valence-corrected chi connectivity index (χ4v) is 5.87. The van der Waals surface area contributed by atoms with Crippen molar-refractivity contribution in [2.24, 2.45) is 5.92 Å². The summed E-state index contributed by atoms with van der Waals surface area (Å²) in [6.07, 6.45) is 45.2. The number of hydrogen-bond acceptors (Lipinski definition) is 6. The molecule has 0 radical (unpaired) electrons. The topological polar surface area (TPSA) is 93.1 Å². The summed E-state index contributed by atoms with van der Waals surface area (Å²) >= 11 is 0. The van der Waals surface area contributed by atoms with Crippen LogP contribution in [0.2, 0.25) is 0 Å². The average molecular weight is 717 g/mol. The van der Waals surface area contributed by atoms with Gasteiger partial charge in [-0.25, -0.2) is 0 Å². The van der Waals surface area contributed by atoms with Crippen molar-refractivity contribution < 1.29 is 29.3 Å². The Kier molecular flexibility index (Phi) is 37.4. The molecule has 0 aliphatic carbocycles. The largest absolute Gasteiger partial charge is 0.463 e. The van der Waals surface area contributed by atoms with Crippen LogP contribution in [0.1, 0.15) is 194 Å². The summed E-state index contributed by atoms with van der Waals surface area (Å²) in [7, 11) is 0. The third-order valence-electron chi connectivity index (χ3n) is 9.05. The summed E-state index contributed by atoms with van der Waals surface area (Å²) < 4.78 is 10.3. The zero-order valence-corrected chi connectivity index (χ0v) is 33.4. The van der Waals surface area contributed by atoms with Gasteiger partial charge in [-0.2, -0.15) is 0 Å². The van der Waals surface area contributed by atoms with E-state index in [-0.39, 0.29) is 31.3 Å². The van der Waals surface area contributed by atoms with Gasteiger partial charge in [-0.3, -0.25) is 9.59 Å². The number of esters is 2. The van der Waals surface area contributed by atoms with Gasteiger partial charge in [-0.15, -0.1) is 0 Å². The highest BCUT2D eigenvalue weighted by Crippen LogP contribution is 2.15. The number of carbonyl (C=O) groups excluding carboxylic acids is 2. The van der Waals surface area contributed by atoms with Crippen LogP contribution in [0, 0.1) is 5.92 Å². The number of carbonyl (C=O) groups is 2. The Bertz CT molecular complexity index is 889. The fraction of sp³-hybridized carbons (Fsp3) is 0.778. The van der Waals surface area contributed by atoms with Gasteiger partial charge in [0.15, 0.2) is 0 Å². The minimum atomic E-state index is -0.995. The number of allylic oxidation sites excluding steroid dienone is 7. The van der Waals surface area contributed by atoms with Crippen molar-refractivity contribution in [1.82, 2.24) is 0 Å². The first-order chi connectivity index (χ1) is 24.8. The Hall–Kier alpha value is -2.18. The molecule has 6 heteroatoms. The Morgan fingerprint density at radius 3 is 1.33 bits per heavy atom. The predicted octanol–water partition coefficient (Wildman–Crippen LogP) is 12.2. The summed E-state index contributed by atoms with van der Waals surface area (Å²) in [4.78, 5) is 24.0. The van der Waals surface area contributed by atoms with Crippen LogP contribution in [0.15, 0.2) is 48.6 Å². The molecule has 0 rings (SSSR count). The summed E-state index contributed by atoms with van der Waals surface area (Å²) in [5, 5.41) is 19.7. The molecular weight excluding hydrogens is 636 g/mol. The molecule has 0 aliphatic heterocycles. The second-order valence-electron chi connectivity index (χ2n) is 14.8. The lowest BCUT2D eigenvalue weighted by molar-refractivity contribution is -0.152. The van der Waals surface area contributed by atoms with E-state index in [4.69, 9.17) is 9.47 Å². The summed E-state index contributed by atoms with van der Waals surface area (Å²) in [6, 6.07) is 0. The van der Waals surface area contributed by atoms with Gasteiger partial charge in [-0.05, 0) is 57.3 Å². The maximum absolute atomic E-state index is 12.0. The number of aliphatic hydroxyl groups is 2. The number of ether oxygens (including phenoxy) is 2. The van der Waals surface area contributed by atoms with Crippen LogP contribution >= 0.6 is 0 Å². The molecular formula is C45H80O6. The second-order valence-corrected chi connectivity index (χ2v) is 14.8. The molecule has 51 heavy (non-hydrogen) atoms. The van der Waals surface area contributed by atoms with E-state index >= 15 is 0 Å². The zero-order valence-electron chi connectivity index (χ0n) is 33.4. The molecule has 0 fully saturated rings. The van der Waals surface area contributed by atoms with Crippen LogP contribution in [0.4, 0.5) is 0 Å². The van der Waals surface area contributed by atoms with Crippen molar-refractivity contribution >= 4 is 11.9 Å². The first kappa shape index (κ1) is 48.8. The van der Waals surface area contributed by atoms with Crippen LogP contribution in [-0.2, 0) is 19.1 Å². The van der Waals surface area contributed by atoms with Crippen molar-refractivity contribution in [3.05, 3.63) is 48.6 Å². The molecule has 0 aromatic carbocycles. The van der Waals surface area contributed by atoms with Crippen molar-refractivity contribution in [3.8, 4) is 0 Å². The molecule has 0 saturated carbocycles. The average Bonchev–Trinajstić information content (AvgIpc) is 3.10. The third kappa shape index (κ3) is 40.4. The molecule has 1 unspecified atom stereocenters. The van der Waals surface area contributed by atoms with E-state index < -0.39 is 6.10 Å². The number of unbranched alkanes of at least 4 members (excludes halogenated alkanes) is 16. The molecule has 296 valence electrons. The lowest BCUT2D eigenvalue weighted by Gasteiger charge is -2.12. The lowest BCUT2D eigenvalue weighted by Crippen LogP contribution is -2.25. The number of hydrogen-bond donors (Lipinski definition) is 2. The monoisotopic (exact) mass is 717 g/mol. The molecule has 0 amide bonds. The van der Waals surface area contributed by atoms with Crippen molar-refractivity contribution in [3.63, 3.8) is 0 Å². The lowest BCUT2D eigenvalue weighted by atomic mass is 10.0. The van der Waals surface area contributed by atoms with E-state index in [1.807, 2.05) is 0 Å². The Morgan fingerprint density at radius 1 is 0.490 bits per heavy atom. The molecule has 0 bridgehead atoms. The standard InChI is InChI=1S/C45H80O6/c1-4-34-42(46)36-31-27-23-19-15-11-9-13-17-21-25-29-33-38-45(49)51-40-43(47)39-50-44(48)37-32-28-24-20-16-12-8-6-5-7-10-14-18-22-26-30-35-41(2)3/h9,13,15,19,21,25,27,31,41-43,46-47H,4-8,10-12,14,16-18,20,22-24,26,28-30,32-40H2,1-3H3/b13-9-,19-15-,25-21-,31-27-/t42?,43-/m0/s1. The number of aliphatic hydroxyl groups excluding tert-OH is 2. The summed E-state index contributed by atoms with van der Waals surface area (Å²) in [5.41, 5.74) is 0. The summed E-state index contributed by atoms with van der Waals surface area (Å²) in [6.45, 7) is 6.42. The molecule has 0 saturated heterocycles. The van der Waals surface area contributed by atoms with E-state index in [0.29, 0.717) is 19.3 Å². The minimum Gasteiger partial charge on any atom is -0.463 e.